The number of hydrogen-bond acceptors (Lipinski definition) is 2. The number of carboxylic acid groups (broad SMARTS) is 1. The Labute approximate surface area is 107 Å². The first-order valence-electron chi connectivity index (χ1n) is 6.80. The van der Waals surface area contributed by atoms with E-state index in [1.165, 1.54) is 32.1 Å². The number of quaternary nitrogens is 1. The zero-order chi connectivity index (χ0) is 12.4. The summed E-state index contributed by atoms with van der Waals surface area (Å²) < 4.78 is 0. The van der Waals surface area contributed by atoms with Gasteiger partial charge in [0, 0.05) is 5.97 Å². The van der Waals surface area contributed by atoms with E-state index in [-0.39, 0.29) is 12.6 Å². The van der Waals surface area contributed by atoms with Gasteiger partial charge in [0.2, 0.25) is 0 Å². The molecule has 0 bridgehead atoms. The van der Waals surface area contributed by atoms with Gasteiger partial charge in [-0.1, -0.05) is 59.3 Å². The van der Waals surface area contributed by atoms with Crippen molar-refractivity contribution in [2.75, 3.05) is 0 Å². The summed E-state index contributed by atoms with van der Waals surface area (Å²) in [5.41, 5.74) is 0.536. The standard InChI is InChI=1S/C14H28O2.H3N/c1-4-14(5-2,6-3)12-10-8-7-9-11-13(15)16;/h4-12H2,1-3H3,(H,15,16);1H3. The summed E-state index contributed by atoms with van der Waals surface area (Å²) in [7, 11) is 0. The molecule has 0 aromatic heterocycles. The van der Waals surface area contributed by atoms with E-state index < -0.39 is 5.97 Å². The minimum absolute atomic E-state index is 0. The maximum absolute atomic E-state index is 10.2. The lowest BCUT2D eigenvalue weighted by molar-refractivity contribution is -0.305. The molecule has 0 aromatic carbocycles. The zero-order valence-corrected chi connectivity index (χ0v) is 12.2. The quantitative estimate of drug-likeness (QED) is 0.596. The summed E-state index contributed by atoms with van der Waals surface area (Å²) in [6.45, 7) is 6.84. The molecule has 0 unspecified atom stereocenters. The molecule has 4 N–H and O–H groups in total. The molecule has 0 aromatic rings. The van der Waals surface area contributed by atoms with Crippen LogP contribution < -0.4 is 11.3 Å². The maximum atomic E-state index is 10.2. The van der Waals surface area contributed by atoms with E-state index in [0.29, 0.717) is 5.41 Å². The predicted octanol–water partition coefficient (Wildman–Crippen LogP) is 3.67. The topological polar surface area (TPSA) is 76.6 Å². The Hall–Kier alpha value is -0.570. The van der Waals surface area contributed by atoms with Crippen LogP contribution in [-0.2, 0) is 4.79 Å². The number of hydrogen-bond donors (Lipinski definition) is 1. The Bertz CT molecular complexity index is 180. The molecule has 0 aliphatic carbocycles. The Balaban J connectivity index is 0. The molecular formula is C14H31NO2. The molecule has 3 nitrogen and oxygen atoms in total. The van der Waals surface area contributed by atoms with Crippen LogP contribution in [0.25, 0.3) is 0 Å². The molecule has 0 atom stereocenters. The van der Waals surface area contributed by atoms with Crippen LogP contribution in [0.2, 0.25) is 0 Å². The lowest BCUT2D eigenvalue weighted by Crippen LogP contribution is -2.21. The van der Waals surface area contributed by atoms with E-state index in [2.05, 4.69) is 20.8 Å². The first-order valence-corrected chi connectivity index (χ1v) is 6.80. The fourth-order valence-corrected chi connectivity index (χ4v) is 2.40. The molecule has 17 heavy (non-hydrogen) atoms. The molecule has 104 valence electrons. The van der Waals surface area contributed by atoms with Crippen molar-refractivity contribution in [3.8, 4) is 0 Å². The van der Waals surface area contributed by atoms with E-state index in [4.69, 9.17) is 0 Å². The third-order valence-electron chi connectivity index (χ3n) is 4.09. The number of carbonyl (C=O) groups is 1. The fraction of sp³-hybridized carbons (Fsp3) is 0.929. The first kappa shape index (κ1) is 18.8. The van der Waals surface area contributed by atoms with Crippen LogP contribution in [0.3, 0.4) is 0 Å². The van der Waals surface area contributed by atoms with E-state index in [1.807, 2.05) is 0 Å². The van der Waals surface area contributed by atoms with Gasteiger partial charge in [-0.3, -0.25) is 0 Å². The number of rotatable bonds is 10. The Kier molecular flexibility index (Phi) is 11.7. The third kappa shape index (κ3) is 8.19. The minimum atomic E-state index is -0.912. The molecule has 0 saturated heterocycles. The lowest BCUT2D eigenvalue weighted by Gasteiger charge is -2.30. The average molecular weight is 245 g/mol. The third-order valence-corrected chi connectivity index (χ3v) is 4.09. The van der Waals surface area contributed by atoms with E-state index in [1.54, 1.807) is 0 Å². The minimum Gasteiger partial charge on any atom is -0.550 e. The van der Waals surface area contributed by atoms with Crippen LogP contribution in [0.4, 0.5) is 0 Å². The normalized spacial score (nSPS) is 11.0. The fourth-order valence-electron chi connectivity index (χ4n) is 2.40. The number of carbonyl (C=O) groups excluding carboxylic acids is 1. The van der Waals surface area contributed by atoms with Gasteiger partial charge in [0.05, 0.1) is 0 Å². The Morgan fingerprint density at radius 3 is 1.82 bits per heavy atom. The van der Waals surface area contributed by atoms with Crippen molar-refractivity contribution < 1.29 is 9.90 Å². The van der Waals surface area contributed by atoms with Crippen LogP contribution in [0.15, 0.2) is 0 Å². The molecule has 3 heteroatoms. The van der Waals surface area contributed by atoms with Crippen molar-refractivity contribution in [1.29, 1.82) is 0 Å². The Morgan fingerprint density at radius 1 is 0.941 bits per heavy atom. The van der Waals surface area contributed by atoms with Gasteiger partial charge in [0.1, 0.15) is 0 Å². The molecule has 0 saturated carbocycles. The second kappa shape index (κ2) is 10.6. The maximum Gasteiger partial charge on any atom is 0.0414 e. The summed E-state index contributed by atoms with van der Waals surface area (Å²) in [5.74, 6) is -0.912. The van der Waals surface area contributed by atoms with Crippen molar-refractivity contribution in [3.63, 3.8) is 0 Å². The van der Waals surface area contributed by atoms with Crippen molar-refractivity contribution in [2.24, 2.45) is 5.41 Å². The van der Waals surface area contributed by atoms with Gasteiger partial charge in [0.15, 0.2) is 0 Å². The van der Waals surface area contributed by atoms with Crippen LogP contribution in [-0.4, -0.2) is 5.97 Å². The van der Waals surface area contributed by atoms with Gasteiger partial charge in [-0.2, -0.15) is 0 Å². The van der Waals surface area contributed by atoms with Crippen LogP contribution in [0.1, 0.15) is 78.6 Å². The smallest absolute Gasteiger partial charge is 0.0414 e. The van der Waals surface area contributed by atoms with Gasteiger partial charge in [-0.15, -0.1) is 0 Å². The summed E-state index contributed by atoms with van der Waals surface area (Å²) in [6, 6.07) is 0. The predicted molar refractivity (Wildman–Crippen MR) is 72.0 cm³/mol. The van der Waals surface area contributed by atoms with Crippen molar-refractivity contribution >= 4 is 5.97 Å². The largest absolute Gasteiger partial charge is 0.550 e. The highest BCUT2D eigenvalue weighted by Gasteiger charge is 2.22. The van der Waals surface area contributed by atoms with Crippen molar-refractivity contribution in [2.45, 2.75) is 78.6 Å². The van der Waals surface area contributed by atoms with Crippen LogP contribution in [0.5, 0.6) is 0 Å². The van der Waals surface area contributed by atoms with Crippen molar-refractivity contribution in [1.82, 2.24) is 6.15 Å². The van der Waals surface area contributed by atoms with Gasteiger partial charge >= 0.3 is 0 Å². The van der Waals surface area contributed by atoms with Crippen molar-refractivity contribution in [3.05, 3.63) is 0 Å². The second-order valence-corrected chi connectivity index (χ2v) is 4.85. The summed E-state index contributed by atoms with van der Waals surface area (Å²) in [4.78, 5) is 10.2. The monoisotopic (exact) mass is 245 g/mol. The molecule has 0 heterocycles. The second-order valence-electron chi connectivity index (χ2n) is 4.85. The zero-order valence-electron chi connectivity index (χ0n) is 12.2. The molecular weight excluding hydrogens is 214 g/mol. The molecule has 0 fully saturated rings. The number of carboxylic acids is 1. The SMILES string of the molecule is CCC(CC)(CC)CCCCCCC(=O)[O-].[NH4+]. The lowest BCUT2D eigenvalue weighted by atomic mass is 9.75. The Morgan fingerprint density at radius 2 is 1.41 bits per heavy atom. The van der Waals surface area contributed by atoms with E-state index in [9.17, 15) is 9.90 Å². The van der Waals surface area contributed by atoms with E-state index in [0.717, 1.165) is 19.3 Å². The molecule has 0 amide bonds. The molecule has 0 aliphatic heterocycles. The number of aliphatic carboxylic acids is 1. The van der Waals surface area contributed by atoms with Crippen LogP contribution in [0, 0.1) is 5.41 Å². The molecule has 0 radical (unpaired) electrons. The average Bonchev–Trinajstić information content (AvgIpc) is 2.29. The molecule has 0 rings (SSSR count). The first-order chi connectivity index (χ1) is 7.60. The highest BCUT2D eigenvalue weighted by molar-refractivity contribution is 5.63. The molecule has 0 spiro atoms. The summed E-state index contributed by atoms with van der Waals surface area (Å²) >= 11 is 0. The highest BCUT2D eigenvalue weighted by atomic mass is 16.4. The van der Waals surface area contributed by atoms with Gasteiger partial charge < -0.3 is 16.1 Å². The summed E-state index contributed by atoms with van der Waals surface area (Å²) in [6.07, 6.45) is 9.51. The highest BCUT2D eigenvalue weighted by Crippen LogP contribution is 2.36. The van der Waals surface area contributed by atoms with Gasteiger partial charge in [-0.05, 0) is 24.7 Å². The van der Waals surface area contributed by atoms with Crippen LogP contribution >= 0.6 is 0 Å². The van der Waals surface area contributed by atoms with E-state index >= 15 is 0 Å². The van der Waals surface area contributed by atoms with Gasteiger partial charge in [-0.25, -0.2) is 0 Å². The van der Waals surface area contributed by atoms with Gasteiger partial charge in [0.25, 0.3) is 0 Å². The molecule has 0 aliphatic rings. The number of unbranched alkanes of at least 4 members (excludes halogenated alkanes) is 3. The summed E-state index contributed by atoms with van der Waals surface area (Å²) in [5, 5.41) is 10.2.